The van der Waals surface area contributed by atoms with Gasteiger partial charge in [-0.15, -0.1) is 0 Å². The lowest BCUT2D eigenvalue weighted by Crippen LogP contribution is -1.97. The molecule has 0 saturated carbocycles. The molecule has 0 fully saturated rings. The lowest BCUT2D eigenvalue weighted by atomic mass is 10.2. The number of imidazole rings is 2. The molecule has 5 rings (SSSR count). The Balaban J connectivity index is 2.23. The Kier molecular flexibility index (Phi) is 1.84. The van der Waals surface area contributed by atoms with Crippen LogP contribution in [0.4, 0.5) is 4.39 Å². The van der Waals surface area contributed by atoms with Crippen LogP contribution < -0.4 is 0 Å². The third-order valence-electron chi connectivity index (χ3n) is 3.84. The maximum atomic E-state index is 13.6. The molecule has 0 aliphatic rings. The van der Waals surface area contributed by atoms with Gasteiger partial charge in [-0.25, -0.2) is 14.4 Å². The van der Waals surface area contributed by atoms with Gasteiger partial charge < -0.3 is 0 Å². The van der Waals surface area contributed by atoms with Crippen LogP contribution in [-0.4, -0.2) is 18.8 Å². The summed E-state index contributed by atoms with van der Waals surface area (Å²) in [5.41, 5.74) is 3.35. The average Bonchev–Trinajstić information content (AvgIpc) is 3.11. The number of nitrogens with zero attached hydrogens (tertiary/aromatic N) is 4. The molecular formula is C16H9FN4. The molecule has 0 saturated heterocycles. The first-order chi connectivity index (χ1) is 10.3. The molecule has 0 aliphatic heterocycles. The molecule has 0 aliphatic carbocycles. The maximum Gasteiger partial charge on any atom is 0.221 e. The van der Waals surface area contributed by atoms with Gasteiger partial charge in [-0.05, 0) is 24.3 Å². The molecule has 0 bridgehead atoms. The molecule has 0 amide bonds. The normalized spacial score (nSPS) is 12.0. The number of fused-ring (bicyclic) bond motifs is 8. The van der Waals surface area contributed by atoms with Crippen LogP contribution in [0.5, 0.6) is 0 Å². The van der Waals surface area contributed by atoms with Crippen molar-refractivity contribution >= 4 is 33.4 Å². The molecule has 0 radical (unpaired) electrons. The van der Waals surface area contributed by atoms with Gasteiger partial charge in [-0.2, -0.15) is 0 Å². The Morgan fingerprint density at radius 2 is 1.90 bits per heavy atom. The van der Waals surface area contributed by atoms with Crippen LogP contribution in [0, 0.1) is 5.82 Å². The molecule has 0 N–H and O–H groups in total. The molecule has 0 atom stereocenters. The van der Waals surface area contributed by atoms with Crippen molar-refractivity contribution in [2.45, 2.75) is 0 Å². The molecule has 100 valence electrons. The van der Waals surface area contributed by atoms with E-state index >= 15 is 0 Å². The summed E-state index contributed by atoms with van der Waals surface area (Å²) in [5.74, 6) is 0.473. The van der Waals surface area contributed by atoms with Crippen LogP contribution >= 0.6 is 0 Å². The minimum atomic E-state index is -0.265. The van der Waals surface area contributed by atoms with Crippen LogP contribution in [0.15, 0.2) is 54.9 Å². The monoisotopic (exact) mass is 276 g/mol. The number of benzene rings is 2. The van der Waals surface area contributed by atoms with Gasteiger partial charge in [0.05, 0.1) is 16.6 Å². The van der Waals surface area contributed by atoms with E-state index in [0.717, 1.165) is 33.4 Å². The lowest BCUT2D eigenvalue weighted by molar-refractivity contribution is 0.629. The summed E-state index contributed by atoms with van der Waals surface area (Å²) in [5, 5.41) is 1.01. The second kappa shape index (κ2) is 3.58. The molecule has 3 heterocycles. The highest BCUT2D eigenvalue weighted by Crippen LogP contribution is 2.26. The highest BCUT2D eigenvalue weighted by molar-refractivity contribution is 5.97. The van der Waals surface area contributed by atoms with E-state index < -0.39 is 0 Å². The Morgan fingerprint density at radius 1 is 1.00 bits per heavy atom. The first-order valence-electron chi connectivity index (χ1n) is 6.64. The lowest BCUT2D eigenvalue weighted by Gasteiger charge is -2.06. The van der Waals surface area contributed by atoms with E-state index in [1.165, 1.54) is 12.1 Å². The van der Waals surface area contributed by atoms with Gasteiger partial charge in [-0.1, -0.05) is 12.1 Å². The fourth-order valence-electron chi connectivity index (χ4n) is 2.96. The van der Waals surface area contributed by atoms with Crippen LogP contribution in [-0.2, 0) is 0 Å². The highest BCUT2D eigenvalue weighted by atomic mass is 19.1. The van der Waals surface area contributed by atoms with Crippen molar-refractivity contribution in [3.05, 3.63) is 60.7 Å². The standard InChI is InChI=1S/C16H9FN4/c17-10-5-6-12-14(9-10)21-13-4-2-1-3-11(13)15-18-7-8-20(15)16(21)19-12/h1-9H. The maximum absolute atomic E-state index is 13.6. The minimum Gasteiger partial charge on any atom is -0.277 e. The van der Waals surface area contributed by atoms with Crippen molar-refractivity contribution in [2.75, 3.05) is 0 Å². The van der Waals surface area contributed by atoms with Gasteiger partial charge in [-0.3, -0.25) is 8.80 Å². The molecule has 0 spiro atoms. The number of rotatable bonds is 0. The molecule has 4 nitrogen and oxygen atoms in total. The zero-order chi connectivity index (χ0) is 14.0. The van der Waals surface area contributed by atoms with E-state index in [0.29, 0.717) is 0 Å². The second-order valence-corrected chi connectivity index (χ2v) is 5.02. The number of aromatic nitrogens is 4. The van der Waals surface area contributed by atoms with Gasteiger partial charge >= 0.3 is 0 Å². The SMILES string of the molecule is Fc1ccc2nc3n4ccnc4c4ccccc4n3c2c1. The fourth-order valence-corrected chi connectivity index (χ4v) is 2.96. The summed E-state index contributed by atoms with van der Waals surface area (Å²) in [6.45, 7) is 0. The van der Waals surface area contributed by atoms with Gasteiger partial charge in [0.1, 0.15) is 11.5 Å². The van der Waals surface area contributed by atoms with Crippen LogP contribution in [0.1, 0.15) is 0 Å². The third-order valence-corrected chi connectivity index (χ3v) is 3.84. The predicted octanol–water partition coefficient (Wildman–Crippen LogP) is 3.43. The molecule has 5 aromatic rings. The largest absolute Gasteiger partial charge is 0.277 e. The summed E-state index contributed by atoms with van der Waals surface area (Å²) < 4.78 is 17.5. The molecule has 3 aromatic heterocycles. The highest BCUT2D eigenvalue weighted by Gasteiger charge is 2.13. The first-order valence-corrected chi connectivity index (χ1v) is 6.64. The van der Waals surface area contributed by atoms with Gasteiger partial charge in [0, 0.05) is 23.8 Å². The first kappa shape index (κ1) is 10.8. The Hall–Kier alpha value is -2.95. The van der Waals surface area contributed by atoms with Crippen molar-refractivity contribution < 1.29 is 4.39 Å². The summed E-state index contributed by atoms with van der Waals surface area (Å²) in [7, 11) is 0. The van der Waals surface area contributed by atoms with Crippen molar-refractivity contribution in [2.24, 2.45) is 0 Å². The number of hydrogen-bond donors (Lipinski definition) is 0. The Labute approximate surface area is 118 Å². The summed E-state index contributed by atoms with van der Waals surface area (Å²) in [6, 6.07) is 12.6. The van der Waals surface area contributed by atoms with E-state index in [2.05, 4.69) is 9.97 Å². The van der Waals surface area contributed by atoms with Crippen molar-refractivity contribution in [1.29, 1.82) is 0 Å². The summed E-state index contributed by atoms with van der Waals surface area (Å²) in [4.78, 5) is 9.05. The van der Waals surface area contributed by atoms with Gasteiger partial charge in [0.2, 0.25) is 5.78 Å². The Morgan fingerprint density at radius 3 is 2.86 bits per heavy atom. The average molecular weight is 276 g/mol. The Bertz CT molecular complexity index is 1150. The topological polar surface area (TPSA) is 34.6 Å². The molecule has 2 aromatic carbocycles. The number of halogens is 1. The van der Waals surface area contributed by atoms with Gasteiger partial charge in [0.25, 0.3) is 0 Å². The molecular weight excluding hydrogens is 267 g/mol. The number of hydrogen-bond acceptors (Lipinski definition) is 2. The van der Waals surface area contributed by atoms with E-state index in [1.54, 1.807) is 12.3 Å². The van der Waals surface area contributed by atoms with Crippen LogP contribution in [0.25, 0.3) is 33.4 Å². The van der Waals surface area contributed by atoms with Crippen molar-refractivity contribution in [3.63, 3.8) is 0 Å². The van der Waals surface area contributed by atoms with E-state index in [9.17, 15) is 4.39 Å². The van der Waals surface area contributed by atoms with E-state index in [4.69, 9.17) is 0 Å². The zero-order valence-electron chi connectivity index (χ0n) is 10.9. The third kappa shape index (κ3) is 1.27. The molecule has 21 heavy (non-hydrogen) atoms. The predicted molar refractivity (Wildman–Crippen MR) is 78.9 cm³/mol. The fraction of sp³-hybridized carbons (Fsp3) is 0. The number of para-hydroxylation sites is 1. The smallest absolute Gasteiger partial charge is 0.221 e. The summed E-state index contributed by atoms with van der Waals surface area (Å²) in [6.07, 6.45) is 3.63. The van der Waals surface area contributed by atoms with Crippen molar-refractivity contribution in [3.8, 4) is 0 Å². The summed E-state index contributed by atoms with van der Waals surface area (Å²) >= 11 is 0. The van der Waals surface area contributed by atoms with Crippen LogP contribution in [0.3, 0.4) is 0 Å². The van der Waals surface area contributed by atoms with E-state index in [1.807, 2.05) is 39.3 Å². The zero-order valence-corrected chi connectivity index (χ0v) is 10.9. The quantitative estimate of drug-likeness (QED) is 0.434. The van der Waals surface area contributed by atoms with E-state index in [-0.39, 0.29) is 5.82 Å². The minimum absolute atomic E-state index is 0.265. The van der Waals surface area contributed by atoms with Crippen molar-refractivity contribution in [1.82, 2.24) is 18.8 Å². The molecule has 5 heteroatoms. The second-order valence-electron chi connectivity index (χ2n) is 5.02. The molecule has 0 unspecified atom stereocenters. The van der Waals surface area contributed by atoms with Gasteiger partial charge in [0.15, 0.2) is 0 Å². The van der Waals surface area contributed by atoms with Crippen LogP contribution in [0.2, 0.25) is 0 Å².